The third-order valence-corrected chi connectivity index (χ3v) is 2.06. The van der Waals surface area contributed by atoms with Crippen molar-refractivity contribution in [1.29, 1.82) is 0 Å². The standard InChI is InChI=1S/C9H8BF6O.K/c1-17-8-3-2-7(9(11,12)13)4-6(8)5-10(14,15)16;/h2-4H,5H2,1H3;/q-1;+1. The molecule has 0 N–H and O–H groups in total. The SMILES string of the molecule is COc1ccc(C(F)(F)F)cc1C[B-](F)(F)F.[K+]. The van der Waals surface area contributed by atoms with Crippen LogP contribution in [0.5, 0.6) is 5.75 Å². The van der Waals surface area contributed by atoms with E-state index in [9.17, 15) is 26.1 Å². The Balaban J connectivity index is 0.00000289. The van der Waals surface area contributed by atoms with Crippen molar-refractivity contribution in [2.75, 3.05) is 7.11 Å². The van der Waals surface area contributed by atoms with Crippen LogP contribution in [0.2, 0.25) is 0 Å². The van der Waals surface area contributed by atoms with Crippen molar-refractivity contribution in [3.8, 4) is 5.75 Å². The van der Waals surface area contributed by atoms with E-state index in [2.05, 4.69) is 4.74 Å². The van der Waals surface area contributed by atoms with Crippen molar-refractivity contribution in [2.45, 2.75) is 12.5 Å². The molecular weight excluding hydrogens is 288 g/mol. The predicted octanol–water partition coefficient (Wildman–Crippen LogP) is 0.647. The Labute approximate surface area is 142 Å². The number of halogens is 6. The van der Waals surface area contributed by atoms with Gasteiger partial charge in [-0.25, -0.2) is 0 Å². The largest absolute Gasteiger partial charge is 1.00 e. The second kappa shape index (κ2) is 6.65. The van der Waals surface area contributed by atoms with Gasteiger partial charge in [-0.1, -0.05) is 6.32 Å². The molecule has 1 aromatic rings. The molecule has 0 heterocycles. The van der Waals surface area contributed by atoms with Crippen LogP contribution in [0.3, 0.4) is 0 Å². The fourth-order valence-corrected chi connectivity index (χ4v) is 1.36. The van der Waals surface area contributed by atoms with Crippen molar-refractivity contribution >= 4 is 6.98 Å². The van der Waals surface area contributed by atoms with Gasteiger partial charge >= 0.3 is 64.5 Å². The first-order valence-electron chi connectivity index (χ1n) is 4.58. The number of methoxy groups -OCH3 is 1. The van der Waals surface area contributed by atoms with Gasteiger partial charge in [0.15, 0.2) is 0 Å². The molecule has 0 radical (unpaired) electrons. The van der Waals surface area contributed by atoms with Gasteiger partial charge in [0.1, 0.15) is 5.75 Å². The van der Waals surface area contributed by atoms with Crippen molar-refractivity contribution in [3.63, 3.8) is 0 Å². The number of ether oxygens (including phenoxy) is 1. The zero-order valence-electron chi connectivity index (χ0n) is 9.69. The van der Waals surface area contributed by atoms with Crippen LogP contribution in [0.1, 0.15) is 11.1 Å². The molecule has 1 rings (SSSR count). The summed E-state index contributed by atoms with van der Waals surface area (Å²) >= 11 is 0. The molecule has 0 saturated heterocycles. The number of hydrogen-bond acceptors (Lipinski definition) is 1. The second-order valence-electron chi connectivity index (χ2n) is 3.44. The summed E-state index contributed by atoms with van der Waals surface area (Å²) < 4.78 is 78.2. The first-order chi connectivity index (χ1) is 7.63. The minimum absolute atomic E-state index is 0. The number of rotatable bonds is 3. The van der Waals surface area contributed by atoms with Crippen molar-refractivity contribution in [3.05, 3.63) is 29.3 Å². The van der Waals surface area contributed by atoms with Crippen molar-refractivity contribution < 1.29 is 82.2 Å². The van der Waals surface area contributed by atoms with Crippen LogP contribution < -0.4 is 56.1 Å². The average Bonchev–Trinajstić information content (AvgIpc) is 2.13. The molecule has 0 aliphatic carbocycles. The summed E-state index contributed by atoms with van der Waals surface area (Å²) in [5.41, 5.74) is -1.62. The predicted molar refractivity (Wildman–Crippen MR) is 50.8 cm³/mol. The maximum Gasteiger partial charge on any atom is 1.00 e. The Morgan fingerprint density at radius 2 is 1.72 bits per heavy atom. The van der Waals surface area contributed by atoms with Crippen LogP contribution >= 0.6 is 0 Å². The fraction of sp³-hybridized carbons (Fsp3) is 0.333. The van der Waals surface area contributed by atoms with E-state index in [1.807, 2.05) is 0 Å². The Morgan fingerprint density at radius 1 is 1.17 bits per heavy atom. The van der Waals surface area contributed by atoms with Gasteiger partial charge in [-0.05, 0) is 23.8 Å². The first-order valence-corrected chi connectivity index (χ1v) is 4.58. The Morgan fingerprint density at radius 3 is 2.11 bits per heavy atom. The zero-order chi connectivity index (χ0) is 13.3. The van der Waals surface area contributed by atoms with Gasteiger partial charge in [0.05, 0.1) is 12.7 Å². The molecule has 0 unspecified atom stereocenters. The van der Waals surface area contributed by atoms with Gasteiger partial charge in [0.25, 0.3) is 0 Å². The molecule has 0 aliphatic heterocycles. The van der Waals surface area contributed by atoms with Crippen LogP contribution in [0.25, 0.3) is 0 Å². The Bertz CT molecular complexity index is 403. The van der Waals surface area contributed by atoms with E-state index in [0.717, 1.165) is 13.2 Å². The van der Waals surface area contributed by atoms with Gasteiger partial charge < -0.3 is 17.7 Å². The molecule has 1 nitrogen and oxygen atoms in total. The number of hydrogen-bond donors (Lipinski definition) is 0. The van der Waals surface area contributed by atoms with Crippen LogP contribution in [-0.4, -0.2) is 14.1 Å². The van der Waals surface area contributed by atoms with Crippen molar-refractivity contribution in [1.82, 2.24) is 0 Å². The smallest absolute Gasteiger partial charge is 0.497 e. The van der Waals surface area contributed by atoms with Crippen LogP contribution in [0.4, 0.5) is 26.1 Å². The Kier molecular flexibility index (Phi) is 6.76. The third kappa shape index (κ3) is 5.52. The summed E-state index contributed by atoms with van der Waals surface area (Å²) in [5.74, 6) is -0.197. The first kappa shape index (κ1) is 18.3. The summed E-state index contributed by atoms with van der Waals surface area (Å²) in [6.07, 6.45) is -6.06. The Hall–Kier alpha value is 0.301. The quantitative estimate of drug-likeness (QED) is 0.588. The summed E-state index contributed by atoms with van der Waals surface area (Å²) in [5, 5.41) is 0. The van der Waals surface area contributed by atoms with Crippen molar-refractivity contribution in [2.24, 2.45) is 0 Å². The van der Waals surface area contributed by atoms with Gasteiger partial charge in [0, 0.05) is 0 Å². The van der Waals surface area contributed by atoms with E-state index in [1.165, 1.54) is 0 Å². The van der Waals surface area contributed by atoms with E-state index < -0.39 is 30.6 Å². The van der Waals surface area contributed by atoms with E-state index in [4.69, 9.17) is 0 Å². The van der Waals surface area contributed by atoms with E-state index >= 15 is 0 Å². The maximum atomic E-state index is 12.3. The number of benzene rings is 1. The molecule has 0 fully saturated rings. The molecule has 0 spiro atoms. The summed E-state index contributed by atoms with van der Waals surface area (Å²) in [6.45, 7) is -5.21. The van der Waals surface area contributed by atoms with Crippen LogP contribution in [0, 0.1) is 0 Å². The fourth-order valence-electron chi connectivity index (χ4n) is 1.36. The molecule has 18 heavy (non-hydrogen) atoms. The molecule has 0 amide bonds. The average molecular weight is 296 g/mol. The summed E-state index contributed by atoms with van der Waals surface area (Å²) in [4.78, 5) is 0. The summed E-state index contributed by atoms with van der Waals surface area (Å²) in [6, 6.07) is 2.04. The van der Waals surface area contributed by atoms with Gasteiger partial charge in [-0.2, -0.15) is 13.2 Å². The van der Waals surface area contributed by atoms with E-state index in [-0.39, 0.29) is 57.1 Å². The van der Waals surface area contributed by atoms with Gasteiger partial charge in [-0.3, -0.25) is 0 Å². The topological polar surface area (TPSA) is 9.23 Å². The van der Waals surface area contributed by atoms with Crippen LogP contribution in [-0.2, 0) is 12.5 Å². The molecular formula is C9H8BF6KO. The molecule has 1 aromatic carbocycles. The second-order valence-corrected chi connectivity index (χ2v) is 3.44. The molecule has 0 saturated carbocycles. The zero-order valence-corrected chi connectivity index (χ0v) is 12.8. The summed E-state index contributed by atoms with van der Waals surface area (Å²) in [7, 11) is 1.11. The molecule has 0 atom stereocenters. The van der Waals surface area contributed by atoms with E-state index in [1.54, 1.807) is 0 Å². The molecule has 0 bridgehead atoms. The van der Waals surface area contributed by atoms with Gasteiger partial charge in [0.2, 0.25) is 0 Å². The minimum Gasteiger partial charge on any atom is -0.497 e. The molecule has 96 valence electrons. The molecule has 0 aromatic heterocycles. The maximum absolute atomic E-state index is 12.3. The third-order valence-electron chi connectivity index (χ3n) is 2.06. The number of alkyl halides is 3. The molecule has 0 aliphatic rings. The van der Waals surface area contributed by atoms with Crippen LogP contribution in [0.15, 0.2) is 18.2 Å². The van der Waals surface area contributed by atoms with E-state index in [0.29, 0.717) is 12.1 Å². The monoisotopic (exact) mass is 296 g/mol. The molecule has 9 heteroatoms. The van der Waals surface area contributed by atoms with Gasteiger partial charge in [-0.15, -0.1) is 0 Å². The minimum atomic E-state index is -5.21. The normalized spacial score (nSPS) is 11.9.